The Labute approximate surface area is 158 Å². The van der Waals surface area contributed by atoms with Crippen LogP contribution in [0.2, 0.25) is 0 Å². The molecule has 0 spiro atoms. The quantitative estimate of drug-likeness (QED) is 0.789. The Morgan fingerprint density at radius 2 is 1.86 bits per heavy atom. The van der Waals surface area contributed by atoms with Gasteiger partial charge in [-0.3, -0.25) is 4.79 Å². The standard InChI is InChI=1S/C19H16F3NO5/c20-19(21,22)13-5-3-4-12(8-13)18(25)27-11-17(24)23-9-14-10-26-15-6-1-2-7-16(15)28-14/h1-8,14H,9-11H2,(H,23,24)/t14-/m1/s1. The number of para-hydroxylation sites is 2. The summed E-state index contributed by atoms with van der Waals surface area (Å²) in [5.41, 5.74) is -1.26. The van der Waals surface area contributed by atoms with Crippen molar-refractivity contribution in [3.05, 3.63) is 59.7 Å². The number of benzene rings is 2. The first kappa shape index (κ1) is 19.5. The minimum absolute atomic E-state index is 0.119. The average Bonchev–Trinajstić information content (AvgIpc) is 2.69. The van der Waals surface area contributed by atoms with E-state index < -0.39 is 36.3 Å². The number of ether oxygens (including phenoxy) is 3. The highest BCUT2D eigenvalue weighted by molar-refractivity contribution is 5.91. The van der Waals surface area contributed by atoms with Gasteiger partial charge in [0.25, 0.3) is 5.91 Å². The van der Waals surface area contributed by atoms with E-state index in [0.717, 1.165) is 12.1 Å². The molecule has 0 aliphatic carbocycles. The first-order valence-electron chi connectivity index (χ1n) is 8.32. The molecule has 9 heteroatoms. The van der Waals surface area contributed by atoms with E-state index in [9.17, 15) is 22.8 Å². The zero-order valence-electron chi connectivity index (χ0n) is 14.5. The molecule has 0 aromatic heterocycles. The first-order valence-corrected chi connectivity index (χ1v) is 8.32. The Morgan fingerprint density at radius 1 is 1.11 bits per heavy atom. The van der Waals surface area contributed by atoms with Crippen LogP contribution in [0, 0.1) is 0 Å². The number of carbonyl (C=O) groups is 2. The van der Waals surface area contributed by atoms with Crippen LogP contribution in [0.15, 0.2) is 48.5 Å². The number of hydrogen-bond donors (Lipinski definition) is 1. The van der Waals surface area contributed by atoms with Gasteiger partial charge in [0.2, 0.25) is 0 Å². The summed E-state index contributed by atoms with van der Waals surface area (Å²) in [5, 5.41) is 2.52. The zero-order chi connectivity index (χ0) is 20.1. The maximum atomic E-state index is 12.7. The molecule has 1 aliphatic heterocycles. The molecule has 0 saturated heterocycles. The van der Waals surface area contributed by atoms with Gasteiger partial charge in [-0.25, -0.2) is 4.79 Å². The van der Waals surface area contributed by atoms with Gasteiger partial charge >= 0.3 is 12.1 Å². The second-order valence-electron chi connectivity index (χ2n) is 5.96. The highest BCUT2D eigenvalue weighted by Gasteiger charge is 2.31. The SMILES string of the molecule is O=C(COC(=O)c1cccc(C(F)(F)F)c1)NC[C@@H]1COc2ccccc2O1. The summed E-state index contributed by atoms with van der Waals surface area (Å²) in [6.07, 6.45) is -4.99. The van der Waals surface area contributed by atoms with E-state index in [1.807, 2.05) is 6.07 Å². The van der Waals surface area contributed by atoms with E-state index >= 15 is 0 Å². The third-order valence-corrected chi connectivity index (χ3v) is 3.85. The minimum Gasteiger partial charge on any atom is -0.486 e. The fourth-order valence-electron chi connectivity index (χ4n) is 2.48. The van der Waals surface area contributed by atoms with Crippen LogP contribution in [0.4, 0.5) is 13.2 Å². The maximum Gasteiger partial charge on any atom is 0.416 e. The fourth-order valence-corrected chi connectivity index (χ4v) is 2.48. The van der Waals surface area contributed by atoms with E-state index in [0.29, 0.717) is 17.6 Å². The third kappa shape index (κ3) is 4.93. The van der Waals surface area contributed by atoms with Gasteiger partial charge in [0.15, 0.2) is 18.1 Å². The molecule has 0 bridgehead atoms. The molecular formula is C19H16F3NO5. The highest BCUT2D eigenvalue weighted by Crippen LogP contribution is 2.31. The molecule has 0 fully saturated rings. The van der Waals surface area contributed by atoms with Crippen molar-refractivity contribution in [1.82, 2.24) is 5.32 Å². The number of fused-ring (bicyclic) bond motifs is 1. The van der Waals surface area contributed by atoms with Crippen LogP contribution in [0.1, 0.15) is 15.9 Å². The zero-order valence-corrected chi connectivity index (χ0v) is 14.5. The van der Waals surface area contributed by atoms with Crippen molar-refractivity contribution in [1.29, 1.82) is 0 Å². The summed E-state index contributed by atoms with van der Waals surface area (Å²) in [6.45, 7) is -0.269. The monoisotopic (exact) mass is 395 g/mol. The Morgan fingerprint density at radius 3 is 2.61 bits per heavy atom. The molecule has 1 atom stereocenters. The molecule has 28 heavy (non-hydrogen) atoms. The van der Waals surface area contributed by atoms with Crippen LogP contribution in [0.3, 0.4) is 0 Å². The van der Waals surface area contributed by atoms with Gasteiger partial charge in [0.1, 0.15) is 12.7 Å². The van der Waals surface area contributed by atoms with Gasteiger partial charge in [0, 0.05) is 0 Å². The maximum absolute atomic E-state index is 12.7. The molecule has 0 saturated carbocycles. The number of halogens is 3. The normalized spacial score (nSPS) is 15.6. The molecule has 0 unspecified atom stereocenters. The smallest absolute Gasteiger partial charge is 0.416 e. The van der Waals surface area contributed by atoms with Crippen molar-refractivity contribution in [2.45, 2.75) is 12.3 Å². The van der Waals surface area contributed by atoms with Gasteiger partial charge in [0.05, 0.1) is 17.7 Å². The average molecular weight is 395 g/mol. The highest BCUT2D eigenvalue weighted by atomic mass is 19.4. The Bertz CT molecular complexity index is 869. The molecule has 2 aromatic rings. The molecule has 1 heterocycles. The fraction of sp³-hybridized carbons (Fsp3) is 0.263. The van der Waals surface area contributed by atoms with Crippen molar-refractivity contribution in [2.75, 3.05) is 19.8 Å². The molecule has 6 nitrogen and oxygen atoms in total. The summed E-state index contributed by atoms with van der Waals surface area (Å²) in [7, 11) is 0. The van der Waals surface area contributed by atoms with Crippen molar-refractivity contribution in [2.24, 2.45) is 0 Å². The summed E-state index contributed by atoms with van der Waals surface area (Å²) < 4.78 is 54.0. The summed E-state index contributed by atoms with van der Waals surface area (Å²) >= 11 is 0. The molecule has 1 aliphatic rings. The summed E-state index contributed by atoms with van der Waals surface area (Å²) in [4.78, 5) is 23.7. The van der Waals surface area contributed by atoms with Crippen LogP contribution >= 0.6 is 0 Å². The van der Waals surface area contributed by atoms with E-state index in [2.05, 4.69) is 5.32 Å². The van der Waals surface area contributed by atoms with Gasteiger partial charge in [-0.2, -0.15) is 13.2 Å². The minimum atomic E-state index is -4.58. The van der Waals surface area contributed by atoms with Crippen LogP contribution in [0.25, 0.3) is 0 Å². The lowest BCUT2D eigenvalue weighted by Gasteiger charge is -2.26. The Balaban J connectivity index is 1.45. The number of hydrogen-bond acceptors (Lipinski definition) is 5. The van der Waals surface area contributed by atoms with Crippen LogP contribution < -0.4 is 14.8 Å². The van der Waals surface area contributed by atoms with Gasteiger partial charge < -0.3 is 19.5 Å². The number of esters is 1. The summed E-state index contributed by atoms with van der Waals surface area (Å²) in [5.74, 6) is -0.459. The topological polar surface area (TPSA) is 73.9 Å². The molecule has 3 rings (SSSR count). The van der Waals surface area contributed by atoms with Gasteiger partial charge in [-0.1, -0.05) is 18.2 Å². The number of rotatable bonds is 5. The second-order valence-corrected chi connectivity index (χ2v) is 5.96. The molecule has 148 valence electrons. The predicted octanol–water partition coefficient (Wildman–Crippen LogP) is 2.82. The van der Waals surface area contributed by atoms with Crippen molar-refractivity contribution in [3.63, 3.8) is 0 Å². The molecule has 1 N–H and O–H groups in total. The lowest BCUT2D eigenvalue weighted by atomic mass is 10.1. The Hall–Kier alpha value is -3.23. The predicted molar refractivity (Wildman–Crippen MR) is 91.1 cm³/mol. The molecule has 2 aromatic carbocycles. The molecular weight excluding hydrogens is 379 g/mol. The number of carbonyl (C=O) groups excluding carboxylic acids is 2. The van der Waals surface area contributed by atoms with Crippen LogP contribution in [0.5, 0.6) is 11.5 Å². The van der Waals surface area contributed by atoms with Crippen molar-refractivity contribution >= 4 is 11.9 Å². The number of nitrogens with one attached hydrogen (secondary N) is 1. The number of amides is 1. The Kier molecular flexibility index (Phi) is 5.72. The molecule has 0 radical (unpaired) electrons. The second kappa shape index (κ2) is 8.20. The van der Waals surface area contributed by atoms with E-state index in [-0.39, 0.29) is 18.7 Å². The largest absolute Gasteiger partial charge is 0.486 e. The van der Waals surface area contributed by atoms with E-state index in [1.165, 1.54) is 6.07 Å². The third-order valence-electron chi connectivity index (χ3n) is 3.85. The van der Waals surface area contributed by atoms with Gasteiger partial charge in [-0.15, -0.1) is 0 Å². The first-order chi connectivity index (χ1) is 13.3. The van der Waals surface area contributed by atoms with Crippen LogP contribution in [-0.2, 0) is 15.7 Å². The van der Waals surface area contributed by atoms with E-state index in [1.54, 1.807) is 18.2 Å². The van der Waals surface area contributed by atoms with E-state index in [4.69, 9.17) is 14.2 Å². The van der Waals surface area contributed by atoms with Crippen LogP contribution in [-0.4, -0.2) is 37.7 Å². The van der Waals surface area contributed by atoms with Crippen molar-refractivity contribution in [3.8, 4) is 11.5 Å². The molecule has 1 amide bonds. The lowest BCUT2D eigenvalue weighted by molar-refractivity contribution is -0.137. The van der Waals surface area contributed by atoms with Gasteiger partial charge in [-0.05, 0) is 30.3 Å². The van der Waals surface area contributed by atoms with Crippen molar-refractivity contribution < 1.29 is 37.0 Å². The summed E-state index contributed by atoms with van der Waals surface area (Å²) in [6, 6.07) is 10.9. The lowest BCUT2D eigenvalue weighted by Crippen LogP contribution is -2.42. The number of alkyl halides is 3.